The summed E-state index contributed by atoms with van der Waals surface area (Å²) in [5.41, 5.74) is 1.11. The van der Waals surface area contributed by atoms with E-state index in [9.17, 15) is 4.79 Å². The minimum atomic E-state index is -0.157. The molecule has 1 fully saturated rings. The summed E-state index contributed by atoms with van der Waals surface area (Å²) in [6.07, 6.45) is 0. The lowest BCUT2D eigenvalue weighted by Gasteiger charge is -2.16. The molecule has 2 rings (SSSR count). The molecule has 0 saturated carbocycles. The van der Waals surface area contributed by atoms with Crippen molar-refractivity contribution in [3.8, 4) is 0 Å². The van der Waals surface area contributed by atoms with Crippen molar-refractivity contribution in [2.24, 2.45) is 5.84 Å². The van der Waals surface area contributed by atoms with Crippen LogP contribution >= 0.6 is 12.2 Å². The molecule has 0 radical (unpaired) electrons. The van der Waals surface area contributed by atoms with E-state index >= 15 is 0 Å². The lowest BCUT2D eigenvalue weighted by atomic mass is 10.2. The van der Waals surface area contributed by atoms with Crippen LogP contribution in [0.4, 0.5) is 0 Å². The first-order chi connectivity index (χ1) is 7.18. The lowest BCUT2D eigenvalue weighted by molar-refractivity contribution is -0.125. The molecule has 1 saturated heterocycles. The fourth-order valence-electron chi connectivity index (χ4n) is 1.49. The molecule has 1 aromatic carbocycles. The third-order valence-corrected chi connectivity index (χ3v) is 2.74. The van der Waals surface area contributed by atoms with Gasteiger partial charge in [0.2, 0.25) is 0 Å². The molecule has 1 aromatic rings. The van der Waals surface area contributed by atoms with E-state index in [4.69, 9.17) is 18.1 Å². The molecule has 15 heavy (non-hydrogen) atoms. The standard InChI is InChI=1S/C10H11N3OS/c11-13-9(14)7-12(10(13)15)6-8-4-2-1-3-5-8/h1-5H,6-7,11H2. The molecule has 0 aromatic heterocycles. The third kappa shape index (κ3) is 1.98. The van der Waals surface area contributed by atoms with E-state index < -0.39 is 0 Å². The number of rotatable bonds is 2. The van der Waals surface area contributed by atoms with Crippen LogP contribution in [0.5, 0.6) is 0 Å². The summed E-state index contributed by atoms with van der Waals surface area (Å²) in [5, 5.41) is 1.42. The van der Waals surface area contributed by atoms with Gasteiger partial charge in [-0.25, -0.2) is 10.9 Å². The molecule has 2 N–H and O–H groups in total. The topological polar surface area (TPSA) is 49.6 Å². The zero-order chi connectivity index (χ0) is 10.8. The van der Waals surface area contributed by atoms with Crippen LogP contribution in [0.1, 0.15) is 5.56 Å². The van der Waals surface area contributed by atoms with Gasteiger partial charge >= 0.3 is 0 Å². The Morgan fingerprint density at radius 3 is 2.53 bits per heavy atom. The fraction of sp³-hybridized carbons (Fsp3) is 0.200. The average Bonchev–Trinajstić information content (AvgIpc) is 2.48. The average molecular weight is 221 g/mol. The molecule has 0 spiro atoms. The van der Waals surface area contributed by atoms with Crippen LogP contribution < -0.4 is 5.84 Å². The molecule has 4 nitrogen and oxygen atoms in total. The van der Waals surface area contributed by atoms with Gasteiger partial charge in [-0.3, -0.25) is 4.79 Å². The predicted octanol–water partition coefficient (Wildman–Crippen LogP) is 0.489. The molecular weight excluding hydrogens is 210 g/mol. The summed E-state index contributed by atoms with van der Waals surface area (Å²) in [6.45, 7) is 0.892. The highest BCUT2D eigenvalue weighted by atomic mass is 32.1. The monoisotopic (exact) mass is 221 g/mol. The first-order valence-corrected chi connectivity index (χ1v) is 5.00. The molecule has 1 heterocycles. The number of hydrogen-bond donors (Lipinski definition) is 1. The second-order valence-corrected chi connectivity index (χ2v) is 3.75. The van der Waals surface area contributed by atoms with Gasteiger partial charge in [-0.05, 0) is 17.8 Å². The zero-order valence-corrected chi connectivity index (χ0v) is 8.91. The van der Waals surface area contributed by atoms with Gasteiger partial charge < -0.3 is 4.90 Å². The second kappa shape index (κ2) is 3.96. The lowest BCUT2D eigenvalue weighted by Crippen LogP contribution is -2.38. The molecule has 1 amide bonds. The quantitative estimate of drug-likeness (QED) is 0.448. The van der Waals surface area contributed by atoms with Crippen molar-refractivity contribution in [2.45, 2.75) is 6.54 Å². The van der Waals surface area contributed by atoms with Crippen LogP contribution in [0.2, 0.25) is 0 Å². The van der Waals surface area contributed by atoms with E-state index in [1.54, 1.807) is 4.90 Å². The first kappa shape index (κ1) is 10.1. The normalized spacial score (nSPS) is 16.3. The maximum atomic E-state index is 11.3. The van der Waals surface area contributed by atoms with Gasteiger partial charge in [0.15, 0.2) is 5.11 Å². The van der Waals surface area contributed by atoms with Crippen molar-refractivity contribution in [3.05, 3.63) is 35.9 Å². The summed E-state index contributed by atoms with van der Waals surface area (Å²) < 4.78 is 0. The van der Waals surface area contributed by atoms with Crippen LogP contribution in [-0.4, -0.2) is 27.5 Å². The highest BCUT2D eigenvalue weighted by Gasteiger charge is 2.30. The molecular formula is C10H11N3OS. The Morgan fingerprint density at radius 2 is 2.00 bits per heavy atom. The zero-order valence-electron chi connectivity index (χ0n) is 8.09. The Hall–Kier alpha value is -1.46. The highest BCUT2D eigenvalue weighted by molar-refractivity contribution is 7.80. The minimum absolute atomic E-state index is 0.157. The van der Waals surface area contributed by atoms with E-state index in [-0.39, 0.29) is 12.5 Å². The van der Waals surface area contributed by atoms with Crippen LogP contribution in [0, 0.1) is 0 Å². The van der Waals surface area contributed by atoms with Crippen molar-refractivity contribution in [3.63, 3.8) is 0 Å². The Bertz CT molecular complexity index is 393. The highest BCUT2D eigenvalue weighted by Crippen LogP contribution is 2.11. The number of nitrogens with zero attached hydrogens (tertiary/aromatic N) is 2. The van der Waals surface area contributed by atoms with Gasteiger partial charge in [-0.2, -0.15) is 0 Å². The number of hydrazine groups is 1. The van der Waals surface area contributed by atoms with Crippen molar-refractivity contribution in [1.29, 1.82) is 0 Å². The van der Waals surface area contributed by atoms with E-state index in [1.807, 2.05) is 30.3 Å². The van der Waals surface area contributed by atoms with Crippen molar-refractivity contribution in [2.75, 3.05) is 6.54 Å². The molecule has 78 valence electrons. The summed E-state index contributed by atoms with van der Waals surface area (Å²) in [5.74, 6) is 5.31. The third-order valence-electron chi connectivity index (χ3n) is 2.29. The van der Waals surface area contributed by atoms with Crippen LogP contribution in [-0.2, 0) is 11.3 Å². The summed E-state index contributed by atoms with van der Waals surface area (Å²) >= 11 is 5.05. The summed E-state index contributed by atoms with van der Waals surface area (Å²) in [4.78, 5) is 13.0. The van der Waals surface area contributed by atoms with E-state index in [0.717, 1.165) is 10.6 Å². The van der Waals surface area contributed by atoms with Crippen LogP contribution in [0.3, 0.4) is 0 Å². The number of thiocarbonyl (C=S) groups is 1. The van der Waals surface area contributed by atoms with Gasteiger partial charge in [0.25, 0.3) is 5.91 Å². The number of nitrogens with two attached hydrogens (primary N) is 1. The molecule has 0 atom stereocenters. The fourth-order valence-corrected chi connectivity index (χ4v) is 1.72. The van der Waals surface area contributed by atoms with Gasteiger partial charge in [0.05, 0.1) is 0 Å². The number of benzene rings is 1. The van der Waals surface area contributed by atoms with Gasteiger partial charge in [-0.1, -0.05) is 30.3 Å². The van der Waals surface area contributed by atoms with Gasteiger partial charge in [0, 0.05) is 6.54 Å². The summed E-state index contributed by atoms with van der Waals surface area (Å²) in [6, 6.07) is 9.84. The number of carbonyl (C=O) groups is 1. The van der Waals surface area contributed by atoms with Crippen molar-refractivity contribution >= 4 is 23.2 Å². The molecule has 0 unspecified atom stereocenters. The van der Waals surface area contributed by atoms with Crippen LogP contribution in [0.15, 0.2) is 30.3 Å². The first-order valence-electron chi connectivity index (χ1n) is 4.59. The minimum Gasteiger partial charge on any atom is -0.334 e. The van der Waals surface area contributed by atoms with E-state index in [0.29, 0.717) is 11.7 Å². The Morgan fingerprint density at radius 1 is 1.33 bits per heavy atom. The Labute approximate surface area is 93.2 Å². The SMILES string of the molecule is NN1C(=O)CN(Cc2ccccc2)C1=S. The Kier molecular flexibility index (Phi) is 2.66. The maximum Gasteiger partial charge on any atom is 0.262 e. The molecule has 0 aliphatic carbocycles. The molecule has 1 aliphatic rings. The van der Waals surface area contributed by atoms with E-state index in [1.165, 1.54) is 0 Å². The van der Waals surface area contributed by atoms with Crippen molar-refractivity contribution < 1.29 is 4.79 Å². The number of hydrogen-bond acceptors (Lipinski definition) is 3. The largest absolute Gasteiger partial charge is 0.334 e. The number of carbonyl (C=O) groups excluding carboxylic acids is 1. The molecule has 1 aliphatic heterocycles. The smallest absolute Gasteiger partial charge is 0.262 e. The van der Waals surface area contributed by atoms with Gasteiger partial charge in [0.1, 0.15) is 6.54 Å². The second-order valence-electron chi connectivity index (χ2n) is 3.39. The maximum absolute atomic E-state index is 11.3. The van der Waals surface area contributed by atoms with Crippen molar-refractivity contribution in [1.82, 2.24) is 9.91 Å². The number of amides is 1. The molecule has 0 bridgehead atoms. The molecule has 5 heteroatoms. The van der Waals surface area contributed by atoms with Gasteiger partial charge in [-0.15, -0.1) is 0 Å². The summed E-state index contributed by atoms with van der Waals surface area (Å²) in [7, 11) is 0. The van der Waals surface area contributed by atoms with E-state index in [2.05, 4.69) is 0 Å². The van der Waals surface area contributed by atoms with Crippen LogP contribution in [0.25, 0.3) is 0 Å². The predicted molar refractivity (Wildman–Crippen MR) is 60.5 cm³/mol. The Balaban J connectivity index is 2.09.